The van der Waals surface area contributed by atoms with Gasteiger partial charge in [-0.2, -0.15) is 0 Å². The van der Waals surface area contributed by atoms with Crippen molar-refractivity contribution in [2.75, 3.05) is 32.8 Å². The first kappa shape index (κ1) is 13.8. The van der Waals surface area contributed by atoms with Crippen LogP contribution in [0.3, 0.4) is 0 Å². The lowest BCUT2D eigenvalue weighted by Crippen LogP contribution is -2.51. The molecular formula is C16H30N2O. The molecular weight excluding hydrogens is 236 g/mol. The molecule has 1 aliphatic carbocycles. The maximum absolute atomic E-state index is 9.30. The number of likely N-dealkylation sites (tertiary alicyclic amines) is 2. The maximum atomic E-state index is 9.30. The average molecular weight is 266 g/mol. The Kier molecular flexibility index (Phi) is 4.78. The average Bonchev–Trinajstić information content (AvgIpc) is 2.97. The van der Waals surface area contributed by atoms with Gasteiger partial charge >= 0.3 is 0 Å². The minimum atomic E-state index is 0.384. The summed E-state index contributed by atoms with van der Waals surface area (Å²) < 4.78 is 0. The topological polar surface area (TPSA) is 26.7 Å². The Bertz CT molecular complexity index is 278. The molecule has 0 amide bonds. The molecule has 0 aromatic carbocycles. The van der Waals surface area contributed by atoms with Gasteiger partial charge in [0.05, 0.1) is 0 Å². The molecule has 1 N–H and O–H groups in total. The fraction of sp³-hybridized carbons (Fsp3) is 1.00. The van der Waals surface area contributed by atoms with Crippen LogP contribution in [0.1, 0.15) is 51.4 Å². The molecule has 3 fully saturated rings. The van der Waals surface area contributed by atoms with Gasteiger partial charge < -0.3 is 5.11 Å². The van der Waals surface area contributed by atoms with Crippen LogP contribution < -0.4 is 0 Å². The van der Waals surface area contributed by atoms with Crippen molar-refractivity contribution in [1.29, 1.82) is 0 Å². The van der Waals surface area contributed by atoms with Crippen LogP contribution in [0.2, 0.25) is 0 Å². The summed E-state index contributed by atoms with van der Waals surface area (Å²) in [5.41, 5.74) is 0. The zero-order chi connectivity index (χ0) is 13.1. The number of piperidine rings is 1. The van der Waals surface area contributed by atoms with Gasteiger partial charge in [-0.15, -0.1) is 0 Å². The first-order valence-electron chi connectivity index (χ1n) is 8.46. The number of hydrogen-bond donors (Lipinski definition) is 1. The highest BCUT2D eigenvalue weighted by molar-refractivity contribution is 4.88. The molecule has 0 aromatic rings. The number of hydrogen-bond acceptors (Lipinski definition) is 3. The van der Waals surface area contributed by atoms with Crippen LogP contribution in [0.4, 0.5) is 0 Å². The molecule has 0 spiro atoms. The molecule has 3 aliphatic rings. The van der Waals surface area contributed by atoms with Gasteiger partial charge in [-0.25, -0.2) is 0 Å². The van der Waals surface area contributed by atoms with E-state index in [-0.39, 0.29) is 0 Å². The Labute approximate surface area is 118 Å². The minimum absolute atomic E-state index is 0.384. The van der Waals surface area contributed by atoms with Gasteiger partial charge in [0.2, 0.25) is 0 Å². The summed E-state index contributed by atoms with van der Waals surface area (Å²) in [7, 11) is 0. The van der Waals surface area contributed by atoms with Crippen molar-refractivity contribution in [3.63, 3.8) is 0 Å². The van der Waals surface area contributed by atoms with Gasteiger partial charge in [0.25, 0.3) is 0 Å². The Morgan fingerprint density at radius 3 is 2.21 bits per heavy atom. The fourth-order valence-corrected chi connectivity index (χ4v) is 4.40. The Balaban J connectivity index is 1.52. The number of rotatable bonds is 3. The van der Waals surface area contributed by atoms with E-state index in [2.05, 4.69) is 9.80 Å². The van der Waals surface area contributed by atoms with Gasteiger partial charge in [-0.3, -0.25) is 9.80 Å². The van der Waals surface area contributed by atoms with Gasteiger partial charge in [-0.05, 0) is 51.1 Å². The Morgan fingerprint density at radius 2 is 1.47 bits per heavy atom. The van der Waals surface area contributed by atoms with Crippen molar-refractivity contribution in [2.24, 2.45) is 5.92 Å². The molecule has 2 heterocycles. The predicted octanol–water partition coefficient (Wildman–Crippen LogP) is 2.10. The summed E-state index contributed by atoms with van der Waals surface area (Å²) >= 11 is 0. The van der Waals surface area contributed by atoms with E-state index in [0.29, 0.717) is 12.5 Å². The van der Waals surface area contributed by atoms with Gasteiger partial charge in [0.15, 0.2) is 0 Å². The van der Waals surface area contributed by atoms with Gasteiger partial charge in [0, 0.05) is 31.8 Å². The molecule has 3 rings (SSSR count). The van der Waals surface area contributed by atoms with Gasteiger partial charge in [0.1, 0.15) is 0 Å². The third-order valence-electron chi connectivity index (χ3n) is 5.61. The third-order valence-corrected chi connectivity index (χ3v) is 5.61. The fourth-order valence-electron chi connectivity index (χ4n) is 4.40. The molecule has 0 radical (unpaired) electrons. The highest BCUT2D eigenvalue weighted by atomic mass is 16.3. The van der Waals surface area contributed by atoms with Crippen LogP contribution in [0.25, 0.3) is 0 Å². The van der Waals surface area contributed by atoms with Crippen LogP contribution in [-0.2, 0) is 0 Å². The number of aliphatic hydroxyl groups excluding tert-OH is 1. The largest absolute Gasteiger partial charge is 0.396 e. The van der Waals surface area contributed by atoms with Crippen LogP contribution in [0.15, 0.2) is 0 Å². The zero-order valence-electron chi connectivity index (χ0n) is 12.3. The van der Waals surface area contributed by atoms with E-state index < -0.39 is 0 Å². The van der Waals surface area contributed by atoms with Crippen LogP contribution in [-0.4, -0.2) is 59.8 Å². The van der Waals surface area contributed by atoms with E-state index in [1.807, 2.05) is 0 Å². The van der Waals surface area contributed by atoms with Crippen LogP contribution >= 0.6 is 0 Å². The van der Waals surface area contributed by atoms with Gasteiger partial charge in [-0.1, -0.05) is 19.3 Å². The summed E-state index contributed by atoms with van der Waals surface area (Å²) in [6.07, 6.45) is 11.2. The highest BCUT2D eigenvalue weighted by Gasteiger charge is 2.33. The molecule has 2 unspecified atom stereocenters. The van der Waals surface area contributed by atoms with Crippen molar-refractivity contribution in [1.82, 2.24) is 9.80 Å². The standard InChI is InChI=1S/C16H30N2O/c19-13-14-8-10-18(11-14)16-7-4-9-17(12-16)15-5-2-1-3-6-15/h14-16,19H,1-13H2. The SMILES string of the molecule is OCC1CCN(C2CCCN(C3CCCCC3)C2)C1. The molecule has 2 saturated heterocycles. The summed E-state index contributed by atoms with van der Waals surface area (Å²) in [5, 5.41) is 9.30. The van der Waals surface area contributed by atoms with Crippen LogP contribution in [0.5, 0.6) is 0 Å². The molecule has 3 heteroatoms. The quantitative estimate of drug-likeness (QED) is 0.847. The van der Waals surface area contributed by atoms with E-state index >= 15 is 0 Å². The van der Waals surface area contributed by atoms with E-state index in [9.17, 15) is 5.11 Å². The third kappa shape index (κ3) is 3.32. The first-order chi connectivity index (χ1) is 9.36. The Hall–Kier alpha value is -0.120. The highest BCUT2D eigenvalue weighted by Crippen LogP contribution is 2.28. The smallest absolute Gasteiger partial charge is 0.0471 e. The van der Waals surface area contributed by atoms with E-state index in [1.165, 1.54) is 71.0 Å². The number of nitrogens with zero attached hydrogens (tertiary/aromatic N) is 2. The van der Waals surface area contributed by atoms with E-state index in [1.54, 1.807) is 0 Å². The second-order valence-corrected chi connectivity index (χ2v) is 6.92. The monoisotopic (exact) mass is 266 g/mol. The summed E-state index contributed by atoms with van der Waals surface area (Å²) in [6.45, 7) is 5.37. The lowest BCUT2D eigenvalue weighted by molar-refractivity contribution is 0.0653. The van der Waals surface area contributed by atoms with Crippen LogP contribution in [0, 0.1) is 5.92 Å². The molecule has 0 aromatic heterocycles. The molecule has 110 valence electrons. The predicted molar refractivity (Wildman–Crippen MR) is 78.2 cm³/mol. The summed E-state index contributed by atoms with van der Waals surface area (Å²) in [6, 6.07) is 1.65. The van der Waals surface area contributed by atoms with E-state index in [0.717, 1.165) is 18.6 Å². The Morgan fingerprint density at radius 1 is 0.737 bits per heavy atom. The first-order valence-corrected chi connectivity index (χ1v) is 8.46. The second kappa shape index (κ2) is 6.55. The van der Waals surface area contributed by atoms with Crippen molar-refractivity contribution in [3.05, 3.63) is 0 Å². The summed E-state index contributed by atoms with van der Waals surface area (Å²) in [4.78, 5) is 5.45. The minimum Gasteiger partial charge on any atom is -0.396 e. The van der Waals surface area contributed by atoms with Crippen molar-refractivity contribution in [3.8, 4) is 0 Å². The summed E-state index contributed by atoms with van der Waals surface area (Å²) in [5.74, 6) is 0.546. The molecule has 1 saturated carbocycles. The van der Waals surface area contributed by atoms with Crippen molar-refractivity contribution in [2.45, 2.75) is 63.5 Å². The van der Waals surface area contributed by atoms with Crippen molar-refractivity contribution >= 4 is 0 Å². The van der Waals surface area contributed by atoms with Crippen molar-refractivity contribution < 1.29 is 5.11 Å². The van der Waals surface area contributed by atoms with E-state index in [4.69, 9.17) is 0 Å². The second-order valence-electron chi connectivity index (χ2n) is 6.92. The normalized spacial score (nSPS) is 35.8. The lowest BCUT2D eigenvalue weighted by atomic mass is 9.92. The molecule has 2 atom stereocenters. The number of aliphatic hydroxyl groups is 1. The zero-order valence-corrected chi connectivity index (χ0v) is 12.3. The molecule has 2 aliphatic heterocycles. The lowest BCUT2D eigenvalue weighted by Gasteiger charge is -2.42. The molecule has 0 bridgehead atoms. The maximum Gasteiger partial charge on any atom is 0.0471 e. The molecule has 3 nitrogen and oxygen atoms in total. The molecule has 19 heavy (non-hydrogen) atoms.